The third kappa shape index (κ3) is 6.38. The van der Waals surface area contributed by atoms with E-state index in [1.807, 2.05) is 30.3 Å². The normalized spacial score (nSPS) is 16.0. The predicted molar refractivity (Wildman–Crippen MR) is 122 cm³/mol. The van der Waals surface area contributed by atoms with Crippen LogP contribution in [0.3, 0.4) is 0 Å². The van der Waals surface area contributed by atoms with Gasteiger partial charge in [-0.3, -0.25) is 4.79 Å². The summed E-state index contributed by atoms with van der Waals surface area (Å²) >= 11 is 3.33. The molecular formula is C22H28BrN3O3S. The van der Waals surface area contributed by atoms with Crippen molar-refractivity contribution < 1.29 is 13.2 Å². The fourth-order valence-corrected chi connectivity index (χ4v) is 5.19. The molecule has 1 N–H and O–H groups in total. The fraction of sp³-hybridized carbons (Fsp3) is 0.409. The van der Waals surface area contributed by atoms with Gasteiger partial charge in [0.1, 0.15) is 0 Å². The van der Waals surface area contributed by atoms with E-state index in [1.54, 1.807) is 24.3 Å². The number of sulfonamides is 1. The second-order valence-corrected chi connectivity index (χ2v) is 10.5. The van der Waals surface area contributed by atoms with Crippen molar-refractivity contribution in [2.75, 3.05) is 33.2 Å². The summed E-state index contributed by atoms with van der Waals surface area (Å²) in [5.41, 5.74) is 1.03. The number of carbonyl (C=O) groups excluding carboxylic acids is 1. The van der Waals surface area contributed by atoms with Gasteiger partial charge in [0.25, 0.3) is 0 Å². The number of halogens is 1. The van der Waals surface area contributed by atoms with E-state index in [9.17, 15) is 13.2 Å². The Kier molecular flexibility index (Phi) is 8.05. The maximum Gasteiger partial charge on any atom is 0.243 e. The highest BCUT2D eigenvalue weighted by molar-refractivity contribution is 9.10. The molecule has 0 unspecified atom stereocenters. The number of hydrogen-bond donors (Lipinski definition) is 1. The van der Waals surface area contributed by atoms with Gasteiger partial charge in [0.05, 0.1) is 11.4 Å². The summed E-state index contributed by atoms with van der Waals surface area (Å²) in [4.78, 5) is 15.1. The van der Waals surface area contributed by atoms with E-state index in [-0.39, 0.29) is 29.9 Å². The molecule has 0 bridgehead atoms. The second kappa shape index (κ2) is 10.5. The molecule has 30 heavy (non-hydrogen) atoms. The average Bonchev–Trinajstić information content (AvgIpc) is 2.73. The first kappa shape index (κ1) is 22.9. The lowest BCUT2D eigenvalue weighted by Crippen LogP contribution is -2.48. The monoisotopic (exact) mass is 493 g/mol. The zero-order valence-electron chi connectivity index (χ0n) is 17.1. The van der Waals surface area contributed by atoms with Crippen LogP contribution in [0.2, 0.25) is 0 Å². The summed E-state index contributed by atoms with van der Waals surface area (Å²) in [6.07, 6.45) is 2.30. The predicted octanol–water partition coefficient (Wildman–Crippen LogP) is 2.89. The molecule has 0 saturated carbocycles. The number of piperidine rings is 1. The molecule has 0 spiro atoms. The quantitative estimate of drug-likeness (QED) is 0.613. The standard InChI is InChI=1S/C22H28BrN3O3S/c1-25-14-12-20(13-15-25)24-22(27)17-26(16-11-18-5-3-2-4-6-18)30(28,29)21-9-7-19(23)8-10-21/h2-10,20H,11-17H2,1H3,(H,24,27). The van der Waals surface area contributed by atoms with E-state index in [2.05, 4.69) is 33.2 Å². The molecule has 1 aliphatic heterocycles. The van der Waals surface area contributed by atoms with Crippen LogP contribution in [0.15, 0.2) is 64.0 Å². The number of hydrogen-bond acceptors (Lipinski definition) is 4. The minimum atomic E-state index is -3.79. The highest BCUT2D eigenvalue weighted by Gasteiger charge is 2.28. The Morgan fingerprint density at radius 1 is 1.10 bits per heavy atom. The third-order valence-electron chi connectivity index (χ3n) is 5.35. The molecule has 1 saturated heterocycles. The van der Waals surface area contributed by atoms with E-state index < -0.39 is 10.0 Å². The van der Waals surface area contributed by atoms with Gasteiger partial charge in [0.2, 0.25) is 15.9 Å². The van der Waals surface area contributed by atoms with Crippen LogP contribution < -0.4 is 5.32 Å². The van der Waals surface area contributed by atoms with Crippen molar-refractivity contribution in [2.24, 2.45) is 0 Å². The Morgan fingerprint density at radius 2 is 1.73 bits per heavy atom. The van der Waals surface area contributed by atoms with Crippen molar-refractivity contribution in [1.82, 2.24) is 14.5 Å². The lowest BCUT2D eigenvalue weighted by atomic mass is 10.1. The third-order valence-corrected chi connectivity index (χ3v) is 7.74. The van der Waals surface area contributed by atoms with Crippen molar-refractivity contribution >= 4 is 31.9 Å². The van der Waals surface area contributed by atoms with Gasteiger partial charge in [-0.15, -0.1) is 0 Å². The molecule has 0 atom stereocenters. The van der Waals surface area contributed by atoms with Gasteiger partial charge in [-0.25, -0.2) is 8.42 Å². The summed E-state index contributed by atoms with van der Waals surface area (Å²) in [6, 6.07) is 16.3. The number of nitrogens with one attached hydrogen (secondary N) is 1. The van der Waals surface area contributed by atoms with Gasteiger partial charge < -0.3 is 10.2 Å². The number of benzene rings is 2. The molecule has 1 heterocycles. The largest absolute Gasteiger partial charge is 0.352 e. The van der Waals surface area contributed by atoms with Crippen molar-refractivity contribution in [3.05, 3.63) is 64.6 Å². The van der Waals surface area contributed by atoms with Crippen LogP contribution in [0.4, 0.5) is 0 Å². The Morgan fingerprint density at radius 3 is 2.37 bits per heavy atom. The highest BCUT2D eigenvalue weighted by atomic mass is 79.9. The Balaban J connectivity index is 1.72. The van der Waals surface area contributed by atoms with Gasteiger partial charge in [-0.05, 0) is 69.2 Å². The Labute approximate surface area is 187 Å². The zero-order valence-corrected chi connectivity index (χ0v) is 19.5. The average molecular weight is 494 g/mol. The number of amides is 1. The number of likely N-dealkylation sites (tertiary alicyclic amines) is 1. The molecule has 0 aromatic heterocycles. The van der Waals surface area contributed by atoms with Gasteiger partial charge >= 0.3 is 0 Å². The van der Waals surface area contributed by atoms with Crippen LogP contribution in [-0.2, 0) is 21.2 Å². The van der Waals surface area contributed by atoms with Gasteiger partial charge in [-0.1, -0.05) is 46.3 Å². The van der Waals surface area contributed by atoms with E-state index in [1.165, 1.54) is 4.31 Å². The van der Waals surface area contributed by atoms with Crippen LogP contribution in [0, 0.1) is 0 Å². The van der Waals surface area contributed by atoms with E-state index >= 15 is 0 Å². The zero-order chi connectivity index (χ0) is 21.6. The molecule has 8 heteroatoms. The maximum atomic E-state index is 13.3. The molecular weight excluding hydrogens is 466 g/mol. The van der Waals surface area contributed by atoms with Crippen molar-refractivity contribution in [3.63, 3.8) is 0 Å². The second-order valence-electron chi connectivity index (χ2n) is 7.67. The molecule has 6 nitrogen and oxygen atoms in total. The van der Waals surface area contributed by atoms with Crippen LogP contribution in [-0.4, -0.2) is 62.8 Å². The molecule has 3 rings (SSSR count). The summed E-state index contributed by atoms with van der Waals surface area (Å²) in [7, 11) is -1.73. The first-order chi connectivity index (χ1) is 14.3. The first-order valence-corrected chi connectivity index (χ1v) is 12.4. The Hall–Kier alpha value is -1.74. The van der Waals surface area contributed by atoms with E-state index in [0.717, 1.165) is 36.0 Å². The van der Waals surface area contributed by atoms with Crippen molar-refractivity contribution in [2.45, 2.75) is 30.2 Å². The molecule has 2 aromatic rings. The van der Waals surface area contributed by atoms with Crippen molar-refractivity contribution in [1.29, 1.82) is 0 Å². The topological polar surface area (TPSA) is 69.7 Å². The summed E-state index contributed by atoms with van der Waals surface area (Å²) in [5, 5.41) is 3.02. The summed E-state index contributed by atoms with van der Waals surface area (Å²) < 4.78 is 28.6. The molecule has 0 radical (unpaired) electrons. The molecule has 1 aliphatic rings. The lowest BCUT2D eigenvalue weighted by molar-refractivity contribution is -0.122. The molecule has 162 valence electrons. The number of nitrogens with zero attached hydrogens (tertiary/aromatic N) is 2. The minimum absolute atomic E-state index is 0.0973. The summed E-state index contributed by atoms with van der Waals surface area (Å²) in [6.45, 7) is 1.92. The highest BCUT2D eigenvalue weighted by Crippen LogP contribution is 2.19. The molecule has 1 fully saturated rings. The van der Waals surface area contributed by atoms with Crippen LogP contribution in [0.1, 0.15) is 18.4 Å². The fourth-order valence-electron chi connectivity index (χ4n) is 3.52. The molecule has 0 aliphatic carbocycles. The van der Waals surface area contributed by atoms with Crippen LogP contribution in [0.5, 0.6) is 0 Å². The van der Waals surface area contributed by atoms with Gasteiger partial charge in [0.15, 0.2) is 0 Å². The van der Waals surface area contributed by atoms with E-state index in [0.29, 0.717) is 6.42 Å². The number of carbonyl (C=O) groups is 1. The number of rotatable bonds is 8. The maximum absolute atomic E-state index is 13.3. The lowest BCUT2D eigenvalue weighted by Gasteiger charge is -2.30. The van der Waals surface area contributed by atoms with Crippen LogP contribution >= 0.6 is 15.9 Å². The Bertz CT molecular complexity index is 928. The van der Waals surface area contributed by atoms with E-state index in [4.69, 9.17) is 0 Å². The van der Waals surface area contributed by atoms with Gasteiger partial charge in [0, 0.05) is 17.1 Å². The minimum Gasteiger partial charge on any atom is -0.352 e. The van der Waals surface area contributed by atoms with Crippen LogP contribution in [0.25, 0.3) is 0 Å². The SMILES string of the molecule is CN1CCC(NC(=O)CN(CCc2ccccc2)S(=O)(=O)c2ccc(Br)cc2)CC1. The smallest absolute Gasteiger partial charge is 0.243 e. The first-order valence-electron chi connectivity index (χ1n) is 10.1. The summed E-state index contributed by atoms with van der Waals surface area (Å²) in [5.74, 6) is -0.252. The molecule has 1 amide bonds. The van der Waals surface area contributed by atoms with Gasteiger partial charge in [-0.2, -0.15) is 4.31 Å². The van der Waals surface area contributed by atoms with Crippen molar-refractivity contribution in [3.8, 4) is 0 Å². The molecule has 2 aromatic carbocycles.